The van der Waals surface area contributed by atoms with Gasteiger partial charge < -0.3 is 19.7 Å². The van der Waals surface area contributed by atoms with Crippen molar-refractivity contribution >= 4 is 29.0 Å². The molecule has 0 saturated carbocycles. The Morgan fingerprint density at radius 3 is 2.78 bits per heavy atom. The summed E-state index contributed by atoms with van der Waals surface area (Å²) >= 11 is 5.50. The van der Waals surface area contributed by atoms with Crippen LogP contribution in [0.25, 0.3) is 0 Å². The van der Waals surface area contributed by atoms with Gasteiger partial charge in [0, 0.05) is 24.9 Å². The number of allylic oxidation sites excluding steroid dienone is 1. The van der Waals surface area contributed by atoms with Crippen molar-refractivity contribution in [2.24, 2.45) is 0 Å². The number of carbonyl (C=O) groups is 1. The van der Waals surface area contributed by atoms with E-state index in [-0.39, 0.29) is 18.3 Å². The number of esters is 1. The van der Waals surface area contributed by atoms with Crippen LogP contribution >= 0.6 is 12.2 Å². The number of thiocarbonyl (C=S) groups is 1. The zero-order valence-corrected chi connectivity index (χ0v) is 16.5. The summed E-state index contributed by atoms with van der Waals surface area (Å²) in [5.74, 6) is -0.490. The summed E-state index contributed by atoms with van der Waals surface area (Å²) in [4.78, 5) is 25.1. The molecule has 0 aromatic heterocycles. The predicted octanol–water partition coefficient (Wildman–Crippen LogP) is 2.70. The minimum absolute atomic E-state index is 0.0590. The highest BCUT2D eigenvalue weighted by atomic mass is 32.1. The monoisotopic (exact) mass is 393 g/mol. The van der Waals surface area contributed by atoms with Crippen molar-refractivity contribution in [1.82, 2.24) is 10.2 Å². The minimum atomic E-state index is -0.637. The lowest BCUT2D eigenvalue weighted by Crippen LogP contribution is -2.52. The second-order valence-electron chi connectivity index (χ2n) is 6.13. The van der Waals surface area contributed by atoms with Crippen LogP contribution in [-0.4, -0.2) is 47.3 Å². The zero-order valence-electron chi connectivity index (χ0n) is 15.7. The smallest absolute Gasteiger partial charge is 0.338 e. The number of nitro groups is 1. The lowest BCUT2D eigenvalue weighted by molar-refractivity contribution is -0.384. The Balaban J connectivity index is 2.56. The van der Waals surface area contributed by atoms with Gasteiger partial charge in [-0.3, -0.25) is 10.1 Å². The lowest BCUT2D eigenvalue weighted by atomic mass is 9.94. The summed E-state index contributed by atoms with van der Waals surface area (Å²) in [7, 11) is 1.59. The molecule has 0 saturated heterocycles. The van der Waals surface area contributed by atoms with E-state index < -0.39 is 16.9 Å². The van der Waals surface area contributed by atoms with Crippen molar-refractivity contribution in [2.75, 3.05) is 20.3 Å². The van der Waals surface area contributed by atoms with Crippen LogP contribution in [0.3, 0.4) is 0 Å². The molecule has 0 bridgehead atoms. The second kappa shape index (κ2) is 8.92. The molecule has 9 heteroatoms. The Labute approximate surface area is 163 Å². The van der Waals surface area contributed by atoms with Gasteiger partial charge in [0.2, 0.25) is 0 Å². The number of benzene rings is 1. The fourth-order valence-corrected chi connectivity index (χ4v) is 3.58. The van der Waals surface area contributed by atoms with Crippen LogP contribution in [0.4, 0.5) is 5.69 Å². The molecule has 0 unspecified atom stereocenters. The maximum absolute atomic E-state index is 12.7. The number of nitro benzene ring substituents is 1. The first-order chi connectivity index (χ1) is 12.8. The average Bonchev–Trinajstić information content (AvgIpc) is 2.61. The SMILES string of the molecule is CCOC(=O)C1=C(C)N([C@@H](C)COC)C(=S)N[C@@H]1c1cccc([N+](=O)[O-])c1. The topological polar surface area (TPSA) is 93.9 Å². The molecule has 1 heterocycles. The summed E-state index contributed by atoms with van der Waals surface area (Å²) in [6, 6.07) is 5.39. The summed E-state index contributed by atoms with van der Waals surface area (Å²) in [6.45, 7) is 6.07. The first-order valence-corrected chi connectivity index (χ1v) is 8.93. The second-order valence-corrected chi connectivity index (χ2v) is 6.52. The molecule has 0 spiro atoms. The molecule has 1 aliphatic rings. The Morgan fingerprint density at radius 2 is 2.19 bits per heavy atom. The molecule has 1 aliphatic heterocycles. The van der Waals surface area contributed by atoms with Crippen LogP contribution in [0, 0.1) is 10.1 Å². The number of rotatable bonds is 7. The minimum Gasteiger partial charge on any atom is -0.463 e. The van der Waals surface area contributed by atoms with Crippen molar-refractivity contribution in [2.45, 2.75) is 32.9 Å². The molecule has 0 fully saturated rings. The van der Waals surface area contributed by atoms with E-state index in [0.717, 1.165) is 0 Å². The van der Waals surface area contributed by atoms with Gasteiger partial charge in [0.1, 0.15) is 0 Å². The van der Waals surface area contributed by atoms with E-state index >= 15 is 0 Å². The third kappa shape index (κ3) is 4.42. The van der Waals surface area contributed by atoms with Gasteiger partial charge in [-0.2, -0.15) is 0 Å². The zero-order chi connectivity index (χ0) is 20.1. The van der Waals surface area contributed by atoms with Gasteiger partial charge >= 0.3 is 5.97 Å². The number of ether oxygens (including phenoxy) is 2. The van der Waals surface area contributed by atoms with Gasteiger partial charge in [-0.1, -0.05) is 12.1 Å². The van der Waals surface area contributed by atoms with Gasteiger partial charge in [-0.15, -0.1) is 0 Å². The van der Waals surface area contributed by atoms with Crippen LogP contribution in [-0.2, 0) is 14.3 Å². The molecular formula is C18H23N3O5S. The van der Waals surface area contributed by atoms with Gasteiger partial charge in [-0.25, -0.2) is 4.79 Å². The van der Waals surface area contributed by atoms with Crippen molar-refractivity contribution < 1.29 is 19.2 Å². The first-order valence-electron chi connectivity index (χ1n) is 8.52. The van der Waals surface area contributed by atoms with Gasteiger partial charge in [0.15, 0.2) is 5.11 Å². The van der Waals surface area contributed by atoms with E-state index in [1.165, 1.54) is 12.1 Å². The number of nitrogens with zero attached hydrogens (tertiary/aromatic N) is 2. The molecule has 1 aromatic carbocycles. The van der Waals surface area contributed by atoms with Crippen LogP contribution in [0.1, 0.15) is 32.4 Å². The fourth-order valence-electron chi connectivity index (χ4n) is 3.14. The average molecular weight is 393 g/mol. The largest absolute Gasteiger partial charge is 0.463 e. The number of nitrogens with one attached hydrogen (secondary N) is 1. The Hall–Kier alpha value is -2.52. The van der Waals surface area contributed by atoms with Crippen LogP contribution in [0.2, 0.25) is 0 Å². The molecule has 1 aromatic rings. The van der Waals surface area contributed by atoms with E-state index in [4.69, 9.17) is 21.7 Å². The van der Waals surface area contributed by atoms with Crippen LogP contribution < -0.4 is 5.32 Å². The number of non-ortho nitro benzene ring substituents is 1. The van der Waals surface area contributed by atoms with Gasteiger partial charge in [-0.05, 0) is 38.6 Å². The number of hydrogen-bond donors (Lipinski definition) is 1. The molecule has 8 nitrogen and oxygen atoms in total. The van der Waals surface area contributed by atoms with Crippen molar-refractivity contribution in [3.8, 4) is 0 Å². The van der Waals surface area contributed by atoms with E-state index in [2.05, 4.69) is 5.32 Å². The quantitative estimate of drug-likeness (QED) is 0.327. The third-order valence-electron chi connectivity index (χ3n) is 4.28. The van der Waals surface area contributed by atoms with Gasteiger partial charge in [0.05, 0.1) is 35.8 Å². The van der Waals surface area contributed by atoms with Crippen molar-refractivity contribution in [3.63, 3.8) is 0 Å². The highest BCUT2D eigenvalue weighted by Crippen LogP contribution is 2.33. The van der Waals surface area contributed by atoms with E-state index in [9.17, 15) is 14.9 Å². The molecular weight excluding hydrogens is 370 g/mol. The fraction of sp³-hybridized carbons (Fsp3) is 0.444. The summed E-state index contributed by atoms with van der Waals surface area (Å²) in [6.07, 6.45) is 0. The van der Waals surface area contributed by atoms with Crippen LogP contribution in [0.15, 0.2) is 35.5 Å². The Morgan fingerprint density at radius 1 is 1.48 bits per heavy atom. The summed E-state index contributed by atoms with van der Waals surface area (Å²) in [5, 5.41) is 14.7. The molecule has 0 radical (unpaired) electrons. The third-order valence-corrected chi connectivity index (χ3v) is 4.60. The summed E-state index contributed by atoms with van der Waals surface area (Å²) in [5.41, 5.74) is 1.51. The van der Waals surface area contributed by atoms with E-state index in [1.807, 2.05) is 6.92 Å². The number of carbonyl (C=O) groups excluding carboxylic acids is 1. The normalized spacial score (nSPS) is 18.1. The van der Waals surface area contributed by atoms with Gasteiger partial charge in [0.25, 0.3) is 5.69 Å². The van der Waals surface area contributed by atoms with E-state index in [0.29, 0.717) is 28.6 Å². The molecule has 146 valence electrons. The maximum atomic E-state index is 12.7. The molecule has 0 aliphatic carbocycles. The molecule has 0 amide bonds. The molecule has 2 rings (SSSR count). The first kappa shape index (κ1) is 20.8. The lowest BCUT2D eigenvalue weighted by Gasteiger charge is -2.40. The number of hydrogen-bond acceptors (Lipinski definition) is 6. The number of methoxy groups -OCH3 is 1. The standard InChI is InChI=1S/C18H23N3O5S/c1-5-26-17(22)15-12(3)20(11(2)10-25-4)18(27)19-16(15)13-7-6-8-14(9-13)21(23)24/h6-9,11,16H,5,10H2,1-4H3,(H,19,27)/t11-,16+/m0/s1. The Bertz CT molecular complexity index is 780. The maximum Gasteiger partial charge on any atom is 0.338 e. The molecule has 27 heavy (non-hydrogen) atoms. The highest BCUT2D eigenvalue weighted by Gasteiger charge is 2.36. The Kier molecular flexibility index (Phi) is 6.86. The molecule has 2 atom stereocenters. The van der Waals surface area contributed by atoms with Crippen LogP contribution in [0.5, 0.6) is 0 Å². The predicted molar refractivity (Wildman–Crippen MR) is 104 cm³/mol. The van der Waals surface area contributed by atoms with E-state index in [1.54, 1.807) is 38.0 Å². The summed E-state index contributed by atoms with van der Waals surface area (Å²) < 4.78 is 10.4. The highest BCUT2D eigenvalue weighted by molar-refractivity contribution is 7.80. The van der Waals surface area contributed by atoms with Crippen molar-refractivity contribution in [3.05, 3.63) is 51.2 Å². The molecule has 1 N–H and O–H groups in total. The van der Waals surface area contributed by atoms with Crippen molar-refractivity contribution in [1.29, 1.82) is 0 Å².